The van der Waals surface area contributed by atoms with Crippen LogP contribution in [0.5, 0.6) is 17.2 Å². The zero-order valence-electron chi connectivity index (χ0n) is 18.0. The maximum atomic E-state index is 13.1. The van der Waals surface area contributed by atoms with Crippen LogP contribution in [-0.2, 0) is 13.0 Å². The summed E-state index contributed by atoms with van der Waals surface area (Å²) in [4.78, 5) is 19.2. The third kappa shape index (κ3) is 6.12. The summed E-state index contributed by atoms with van der Waals surface area (Å²) in [6.45, 7) is 0.907. The van der Waals surface area contributed by atoms with Gasteiger partial charge in [-0.15, -0.1) is 0 Å². The molecule has 0 spiro atoms. The second-order valence-corrected chi connectivity index (χ2v) is 6.84. The maximum absolute atomic E-state index is 13.1. The Balaban J connectivity index is 1.78. The zero-order chi connectivity index (χ0) is 22.1. The molecule has 31 heavy (non-hydrogen) atoms. The van der Waals surface area contributed by atoms with Gasteiger partial charge in [-0.05, 0) is 42.0 Å². The average Bonchev–Trinajstić information content (AvgIpc) is 2.82. The van der Waals surface area contributed by atoms with Gasteiger partial charge < -0.3 is 24.4 Å². The van der Waals surface area contributed by atoms with Crippen LogP contribution in [0, 0.1) is 0 Å². The highest BCUT2D eigenvalue weighted by atomic mass is 16.5. The van der Waals surface area contributed by atoms with Crippen LogP contribution in [0.15, 0.2) is 66.9 Å². The van der Waals surface area contributed by atoms with Crippen molar-refractivity contribution in [1.82, 2.24) is 9.88 Å². The number of anilines is 1. The number of nitrogens with one attached hydrogen (secondary N) is 1. The number of methoxy groups -OCH3 is 3. The van der Waals surface area contributed by atoms with Gasteiger partial charge in [0.15, 0.2) is 11.5 Å². The molecule has 0 bridgehead atoms. The zero-order valence-corrected chi connectivity index (χ0v) is 18.0. The lowest BCUT2D eigenvalue weighted by molar-refractivity contribution is 0.209. The molecule has 3 aromatic rings. The van der Waals surface area contributed by atoms with E-state index in [2.05, 4.69) is 10.3 Å². The van der Waals surface area contributed by atoms with E-state index in [1.165, 1.54) is 0 Å². The van der Waals surface area contributed by atoms with E-state index in [1.807, 2.05) is 54.6 Å². The van der Waals surface area contributed by atoms with Crippen molar-refractivity contribution in [2.45, 2.75) is 13.0 Å². The van der Waals surface area contributed by atoms with Crippen molar-refractivity contribution in [3.05, 3.63) is 78.1 Å². The molecule has 1 heterocycles. The molecule has 0 aliphatic rings. The number of carbonyl (C=O) groups excluding carboxylic acids is 1. The lowest BCUT2D eigenvalue weighted by Gasteiger charge is -2.24. The highest BCUT2D eigenvalue weighted by Crippen LogP contribution is 2.28. The molecule has 7 nitrogen and oxygen atoms in total. The molecule has 0 aliphatic carbocycles. The van der Waals surface area contributed by atoms with Crippen LogP contribution in [0.3, 0.4) is 0 Å². The quantitative estimate of drug-likeness (QED) is 0.555. The summed E-state index contributed by atoms with van der Waals surface area (Å²) in [5.41, 5.74) is 2.52. The fourth-order valence-corrected chi connectivity index (χ4v) is 3.15. The summed E-state index contributed by atoms with van der Waals surface area (Å²) in [5, 5.41) is 2.96. The molecule has 0 saturated carbocycles. The largest absolute Gasteiger partial charge is 0.497 e. The number of urea groups is 1. The maximum Gasteiger partial charge on any atom is 0.322 e. The van der Waals surface area contributed by atoms with Crippen molar-refractivity contribution < 1.29 is 19.0 Å². The van der Waals surface area contributed by atoms with Crippen LogP contribution < -0.4 is 19.5 Å². The molecule has 0 aliphatic heterocycles. The van der Waals surface area contributed by atoms with Gasteiger partial charge in [-0.2, -0.15) is 0 Å². The first-order chi connectivity index (χ1) is 15.1. The van der Waals surface area contributed by atoms with Crippen molar-refractivity contribution >= 4 is 11.7 Å². The number of carbonyl (C=O) groups is 1. The van der Waals surface area contributed by atoms with Gasteiger partial charge in [0, 0.05) is 43.2 Å². The van der Waals surface area contributed by atoms with Gasteiger partial charge in [-0.3, -0.25) is 4.98 Å². The summed E-state index contributed by atoms with van der Waals surface area (Å²) < 4.78 is 16.0. The number of hydrogen-bond donors (Lipinski definition) is 1. The highest BCUT2D eigenvalue weighted by molar-refractivity contribution is 5.89. The van der Waals surface area contributed by atoms with E-state index in [-0.39, 0.29) is 6.03 Å². The number of ether oxygens (including phenoxy) is 3. The molecule has 7 heteroatoms. The van der Waals surface area contributed by atoms with E-state index >= 15 is 0 Å². The average molecular weight is 421 g/mol. The molecule has 3 rings (SSSR count). The number of hydrogen-bond acceptors (Lipinski definition) is 5. The molecule has 1 aromatic heterocycles. The van der Waals surface area contributed by atoms with Crippen LogP contribution >= 0.6 is 0 Å². The summed E-state index contributed by atoms with van der Waals surface area (Å²) in [5.74, 6) is 1.95. The number of pyridine rings is 1. The third-order valence-corrected chi connectivity index (χ3v) is 4.79. The molecular formula is C24H27N3O4. The lowest BCUT2D eigenvalue weighted by atomic mass is 10.1. The first-order valence-corrected chi connectivity index (χ1v) is 9.93. The molecule has 162 valence electrons. The Labute approximate surface area is 182 Å². The first kappa shape index (κ1) is 22.0. The molecular weight excluding hydrogens is 394 g/mol. The van der Waals surface area contributed by atoms with Crippen molar-refractivity contribution in [3.63, 3.8) is 0 Å². The van der Waals surface area contributed by atoms with E-state index in [9.17, 15) is 4.79 Å². The van der Waals surface area contributed by atoms with Crippen LogP contribution in [0.4, 0.5) is 10.5 Å². The van der Waals surface area contributed by atoms with Gasteiger partial charge in [-0.25, -0.2) is 4.79 Å². The van der Waals surface area contributed by atoms with E-state index < -0.39 is 0 Å². The minimum atomic E-state index is -0.209. The lowest BCUT2D eigenvalue weighted by Crippen LogP contribution is -2.36. The molecule has 1 N–H and O–H groups in total. The highest BCUT2D eigenvalue weighted by Gasteiger charge is 2.16. The molecule has 2 aromatic carbocycles. The topological polar surface area (TPSA) is 72.9 Å². The Bertz CT molecular complexity index is 995. The summed E-state index contributed by atoms with van der Waals surface area (Å²) >= 11 is 0. The fraction of sp³-hybridized carbons (Fsp3) is 0.250. The summed E-state index contributed by atoms with van der Waals surface area (Å²) in [7, 11) is 4.78. The SMILES string of the molecule is COc1cccc(NC(=O)N(CCc2ccccn2)Cc2ccc(OC)c(OC)c2)c1. The van der Waals surface area contributed by atoms with E-state index in [0.717, 1.165) is 11.3 Å². The standard InChI is InChI=1S/C24H27N3O4/c1-29-21-9-6-8-20(16-21)26-24(28)27(14-12-19-7-4-5-13-25-19)17-18-10-11-22(30-2)23(15-18)31-3/h4-11,13,15-16H,12,14,17H2,1-3H3,(H,26,28). The second-order valence-electron chi connectivity index (χ2n) is 6.84. The second kappa shape index (κ2) is 10.9. The predicted molar refractivity (Wildman–Crippen MR) is 120 cm³/mol. The van der Waals surface area contributed by atoms with Gasteiger partial charge in [0.05, 0.1) is 21.3 Å². The van der Waals surface area contributed by atoms with Crippen LogP contribution in [0.1, 0.15) is 11.3 Å². The Morgan fingerprint density at radius 2 is 1.77 bits per heavy atom. The number of benzene rings is 2. The van der Waals surface area contributed by atoms with Crippen LogP contribution in [-0.4, -0.2) is 43.8 Å². The van der Waals surface area contributed by atoms with Gasteiger partial charge in [0.1, 0.15) is 5.75 Å². The van der Waals surface area contributed by atoms with E-state index in [0.29, 0.717) is 42.4 Å². The number of rotatable bonds is 9. The van der Waals surface area contributed by atoms with Crippen LogP contribution in [0.2, 0.25) is 0 Å². The Hall–Kier alpha value is -3.74. The van der Waals surface area contributed by atoms with Crippen molar-refractivity contribution in [1.29, 1.82) is 0 Å². The molecule has 0 saturated heterocycles. The summed E-state index contributed by atoms with van der Waals surface area (Å²) in [6.07, 6.45) is 2.39. The molecule has 2 amide bonds. The number of aromatic nitrogens is 1. The normalized spacial score (nSPS) is 10.3. The first-order valence-electron chi connectivity index (χ1n) is 9.93. The smallest absolute Gasteiger partial charge is 0.322 e. The fourth-order valence-electron chi connectivity index (χ4n) is 3.15. The van der Waals surface area contributed by atoms with Crippen molar-refractivity contribution in [3.8, 4) is 17.2 Å². The van der Waals surface area contributed by atoms with E-state index in [4.69, 9.17) is 14.2 Å². The Kier molecular flexibility index (Phi) is 7.70. The third-order valence-electron chi connectivity index (χ3n) is 4.79. The number of nitrogens with zero attached hydrogens (tertiary/aromatic N) is 2. The summed E-state index contributed by atoms with van der Waals surface area (Å²) in [6, 6.07) is 18.5. The van der Waals surface area contributed by atoms with Gasteiger partial charge in [0.25, 0.3) is 0 Å². The molecule has 0 unspecified atom stereocenters. The molecule has 0 atom stereocenters. The van der Waals surface area contributed by atoms with Gasteiger partial charge >= 0.3 is 6.03 Å². The molecule has 0 fully saturated rings. The van der Waals surface area contributed by atoms with Gasteiger partial charge in [0.2, 0.25) is 0 Å². The van der Waals surface area contributed by atoms with Crippen LogP contribution in [0.25, 0.3) is 0 Å². The van der Waals surface area contributed by atoms with Crippen molar-refractivity contribution in [2.75, 3.05) is 33.2 Å². The van der Waals surface area contributed by atoms with Crippen molar-refractivity contribution in [2.24, 2.45) is 0 Å². The molecule has 0 radical (unpaired) electrons. The Morgan fingerprint density at radius 1 is 0.935 bits per heavy atom. The monoisotopic (exact) mass is 421 g/mol. The predicted octanol–water partition coefficient (Wildman–Crippen LogP) is 4.38. The number of amides is 2. The van der Waals surface area contributed by atoms with E-state index in [1.54, 1.807) is 38.5 Å². The minimum Gasteiger partial charge on any atom is -0.497 e. The van der Waals surface area contributed by atoms with Gasteiger partial charge in [-0.1, -0.05) is 18.2 Å². The minimum absolute atomic E-state index is 0.209. The Morgan fingerprint density at radius 3 is 2.48 bits per heavy atom.